The Hall–Kier alpha value is -1.36. The summed E-state index contributed by atoms with van der Waals surface area (Å²) in [4.78, 5) is 18.2. The standard InChI is InChI=1S/C9H15N3O2/c1-7(14-2)9(13)12-4-3-8-10-5-6-11-8/h5-7H,3-4H2,1-2H3,(H,10,11)(H,12,13). The summed E-state index contributed by atoms with van der Waals surface area (Å²) in [5, 5.41) is 2.75. The summed E-state index contributed by atoms with van der Waals surface area (Å²) in [7, 11) is 1.51. The number of imidazole rings is 1. The molecule has 0 fully saturated rings. The highest BCUT2D eigenvalue weighted by Gasteiger charge is 2.09. The molecule has 0 aliphatic carbocycles. The summed E-state index contributed by atoms with van der Waals surface area (Å²) >= 11 is 0. The smallest absolute Gasteiger partial charge is 0.248 e. The van der Waals surface area contributed by atoms with Crippen molar-refractivity contribution in [2.24, 2.45) is 0 Å². The molecule has 0 aromatic carbocycles. The first-order valence-corrected chi connectivity index (χ1v) is 4.53. The molecule has 0 saturated carbocycles. The molecule has 1 heterocycles. The minimum absolute atomic E-state index is 0.0981. The average molecular weight is 197 g/mol. The van der Waals surface area contributed by atoms with Crippen molar-refractivity contribution in [3.05, 3.63) is 18.2 Å². The van der Waals surface area contributed by atoms with Gasteiger partial charge in [0.1, 0.15) is 11.9 Å². The Bertz CT molecular complexity index is 272. The summed E-state index contributed by atoms with van der Waals surface area (Å²) in [6.07, 6.45) is 3.76. The van der Waals surface area contributed by atoms with E-state index >= 15 is 0 Å². The number of hydrogen-bond donors (Lipinski definition) is 2. The van der Waals surface area contributed by atoms with Crippen molar-refractivity contribution in [2.75, 3.05) is 13.7 Å². The maximum atomic E-state index is 11.2. The van der Waals surface area contributed by atoms with Crippen LogP contribution in [0.25, 0.3) is 0 Å². The van der Waals surface area contributed by atoms with E-state index in [9.17, 15) is 4.79 Å². The maximum Gasteiger partial charge on any atom is 0.248 e. The molecule has 1 rings (SSSR count). The Morgan fingerprint density at radius 3 is 3.14 bits per heavy atom. The Morgan fingerprint density at radius 1 is 1.79 bits per heavy atom. The monoisotopic (exact) mass is 197 g/mol. The van der Waals surface area contributed by atoms with E-state index < -0.39 is 6.10 Å². The van der Waals surface area contributed by atoms with Crippen LogP contribution >= 0.6 is 0 Å². The van der Waals surface area contributed by atoms with E-state index in [2.05, 4.69) is 15.3 Å². The van der Waals surface area contributed by atoms with Gasteiger partial charge in [0.2, 0.25) is 5.91 Å². The first-order valence-electron chi connectivity index (χ1n) is 4.53. The fourth-order valence-electron chi connectivity index (χ4n) is 0.990. The van der Waals surface area contributed by atoms with Gasteiger partial charge in [-0.25, -0.2) is 4.98 Å². The third-order valence-electron chi connectivity index (χ3n) is 1.94. The van der Waals surface area contributed by atoms with E-state index in [1.165, 1.54) is 7.11 Å². The third kappa shape index (κ3) is 3.18. The highest BCUT2D eigenvalue weighted by Crippen LogP contribution is 1.90. The lowest BCUT2D eigenvalue weighted by Gasteiger charge is -2.09. The van der Waals surface area contributed by atoms with Gasteiger partial charge in [-0.05, 0) is 6.92 Å². The van der Waals surface area contributed by atoms with Crippen LogP contribution in [0.2, 0.25) is 0 Å². The van der Waals surface area contributed by atoms with Gasteiger partial charge >= 0.3 is 0 Å². The highest BCUT2D eigenvalue weighted by molar-refractivity contribution is 5.80. The molecule has 1 amide bonds. The van der Waals surface area contributed by atoms with Crippen LogP contribution in [0, 0.1) is 0 Å². The molecule has 0 spiro atoms. The van der Waals surface area contributed by atoms with Crippen molar-refractivity contribution < 1.29 is 9.53 Å². The van der Waals surface area contributed by atoms with Crippen LogP contribution < -0.4 is 5.32 Å². The Labute approximate surface area is 82.9 Å². The normalized spacial score (nSPS) is 12.4. The molecule has 14 heavy (non-hydrogen) atoms. The number of amides is 1. The number of H-pyrrole nitrogens is 1. The second-order valence-electron chi connectivity index (χ2n) is 2.95. The van der Waals surface area contributed by atoms with Crippen LogP contribution in [-0.2, 0) is 16.0 Å². The van der Waals surface area contributed by atoms with E-state index in [1.807, 2.05) is 0 Å². The van der Waals surface area contributed by atoms with Crippen LogP contribution in [0.5, 0.6) is 0 Å². The topological polar surface area (TPSA) is 67.0 Å². The molecular weight excluding hydrogens is 182 g/mol. The minimum atomic E-state index is -0.397. The Kier molecular flexibility index (Phi) is 4.12. The van der Waals surface area contributed by atoms with Gasteiger partial charge in [0.15, 0.2) is 0 Å². The lowest BCUT2D eigenvalue weighted by molar-refractivity contribution is -0.129. The largest absolute Gasteiger partial charge is 0.372 e. The van der Waals surface area contributed by atoms with Gasteiger partial charge in [0, 0.05) is 32.5 Å². The predicted molar refractivity (Wildman–Crippen MR) is 51.8 cm³/mol. The summed E-state index contributed by atoms with van der Waals surface area (Å²) in [6.45, 7) is 2.28. The lowest BCUT2D eigenvalue weighted by Crippen LogP contribution is -2.35. The van der Waals surface area contributed by atoms with Gasteiger partial charge in [-0.2, -0.15) is 0 Å². The summed E-state index contributed by atoms with van der Waals surface area (Å²) in [6, 6.07) is 0. The second kappa shape index (κ2) is 5.39. The van der Waals surface area contributed by atoms with Gasteiger partial charge in [-0.15, -0.1) is 0 Å². The molecule has 0 aliphatic heterocycles. The number of carbonyl (C=O) groups is 1. The van der Waals surface area contributed by atoms with Gasteiger partial charge < -0.3 is 15.0 Å². The molecule has 0 aliphatic rings. The van der Waals surface area contributed by atoms with E-state index in [-0.39, 0.29) is 5.91 Å². The molecule has 2 N–H and O–H groups in total. The van der Waals surface area contributed by atoms with Crippen LogP contribution in [-0.4, -0.2) is 35.6 Å². The number of aromatic nitrogens is 2. The minimum Gasteiger partial charge on any atom is -0.372 e. The zero-order chi connectivity index (χ0) is 10.4. The number of methoxy groups -OCH3 is 1. The van der Waals surface area contributed by atoms with Crippen molar-refractivity contribution in [1.29, 1.82) is 0 Å². The average Bonchev–Trinajstić information content (AvgIpc) is 2.69. The number of carbonyl (C=O) groups excluding carboxylic acids is 1. The molecule has 78 valence electrons. The first kappa shape index (κ1) is 10.7. The van der Waals surface area contributed by atoms with Crippen LogP contribution in [0.3, 0.4) is 0 Å². The number of nitrogens with one attached hydrogen (secondary N) is 2. The van der Waals surface area contributed by atoms with E-state index in [0.717, 1.165) is 5.82 Å². The fraction of sp³-hybridized carbons (Fsp3) is 0.556. The van der Waals surface area contributed by atoms with Gasteiger partial charge in [-0.1, -0.05) is 0 Å². The summed E-state index contributed by atoms with van der Waals surface area (Å²) < 4.78 is 4.86. The van der Waals surface area contributed by atoms with Crippen LogP contribution in [0.4, 0.5) is 0 Å². The van der Waals surface area contributed by atoms with Crippen molar-refractivity contribution in [1.82, 2.24) is 15.3 Å². The van der Waals surface area contributed by atoms with E-state index in [4.69, 9.17) is 4.74 Å². The van der Waals surface area contributed by atoms with E-state index in [0.29, 0.717) is 13.0 Å². The van der Waals surface area contributed by atoms with Gasteiger partial charge in [0.05, 0.1) is 0 Å². The Balaban J connectivity index is 2.18. The van der Waals surface area contributed by atoms with Crippen molar-refractivity contribution in [3.8, 4) is 0 Å². The fourth-order valence-corrected chi connectivity index (χ4v) is 0.990. The van der Waals surface area contributed by atoms with Crippen LogP contribution in [0.1, 0.15) is 12.7 Å². The number of aromatic amines is 1. The van der Waals surface area contributed by atoms with Crippen molar-refractivity contribution in [3.63, 3.8) is 0 Å². The molecule has 0 radical (unpaired) electrons. The zero-order valence-electron chi connectivity index (χ0n) is 8.41. The third-order valence-corrected chi connectivity index (χ3v) is 1.94. The molecule has 1 aromatic heterocycles. The lowest BCUT2D eigenvalue weighted by atomic mass is 10.3. The van der Waals surface area contributed by atoms with Crippen molar-refractivity contribution >= 4 is 5.91 Å². The van der Waals surface area contributed by atoms with E-state index in [1.54, 1.807) is 19.3 Å². The predicted octanol–water partition coefficient (Wildman–Crippen LogP) is 0.103. The second-order valence-corrected chi connectivity index (χ2v) is 2.95. The van der Waals surface area contributed by atoms with Gasteiger partial charge in [0.25, 0.3) is 0 Å². The number of rotatable bonds is 5. The highest BCUT2D eigenvalue weighted by atomic mass is 16.5. The zero-order valence-corrected chi connectivity index (χ0v) is 8.41. The molecule has 1 unspecified atom stereocenters. The molecule has 5 nitrogen and oxygen atoms in total. The maximum absolute atomic E-state index is 11.2. The SMILES string of the molecule is COC(C)C(=O)NCCc1ncc[nH]1. The summed E-state index contributed by atoms with van der Waals surface area (Å²) in [5.41, 5.74) is 0. The summed E-state index contributed by atoms with van der Waals surface area (Å²) in [5.74, 6) is 0.773. The number of hydrogen-bond acceptors (Lipinski definition) is 3. The van der Waals surface area contributed by atoms with Gasteiger partial charge in [-0.3, -0.25) is 4.79 Å². The first-order chi connectivity index (χ1) is 6.74. The Morgan fingerprint density at radius 2 is 2.57 bits per heavy atom. The number of nitrogens with zero attached hydrogens (tertiary/aromatic N) is 1. The van der Waals surface area contributed by atoms with Crippen molar-refractivity contribution in [2.45, 2.75) is 19.4 Å². The molecule has 0 saturated heterocycles. The van der Waals surface area contributed by atoms with Crippen LogP contribution in [0.15, 0.2) is 12.4 Å². The molecule has 1 aromatic rings. The quantitative estimate of drug-likeness (QED) is 0.703. The number of ether oxygens (including phenoxy) is 1. The molecule has 5 heteroatoms. The molecule has 0 bridgehead atoms. The molecular formula is C9H15N3O2. The molecule has 1 atom stereocenters.